The van der Waals surface area contributed by atoms with Gasteiger partial charge in [0.1, 0.15) is 5.75 Å². The normalized spacial score (nSPS) is 11.5. The number of amides is 2. The highest BCUT2D eigenvalue weighted by Crippen LogP contribution is 2.16. The fourth-order valence-corrected chi connectivity index (χ4v) is 1.61. The number of nitrogens with one attached hydrogen (secondary N) is 2. The van der Waals surface area contributed by atoms with Gasteiger partial charge in [0, 0.05) is 24.7 Å². The summed E-state index contributed by atoms with van der Waals surface area (Å²) in [6.45, 7) is 2.33. The highest BCUT2D eigenvalue weighted by molar-refractivity contribution is 5.89. The van der Waals surface area contributed by atoms with E-state index in [-0.39, 0.29) is 18.4 Å². The second kappa shape index (κ2) is 8.04. The van der Waals surface area contributed by atoms with Crippen molar-refractivity contribution in [3.8, 4) is 5.75 Å². The first-order chi connectivity index (χ1) is 9.51. The maximum Gasteiger partial charge on any atom is 0.319 e. The Morgan fingerprint density at radius 2 is 2.15 bits per heavy atom. The summed E-state index contributed by atoms with van der Waals surface area (Å²) in [6, 6.07) is 6.73. The first-order valence-electron chi connectivity index (χ1n) is 6.42. The highest BCUT2D eigenvalue weighted by atomic mass is 16.5. The van der Waals surface area contributed by atoms with Crippen molar-refractivity contribution >= 4 is 17.7 Å². The Bertz CT molecular complexity index is 462. The molecule has 1 aromatic rings. The predicted octanol–water partition coefficient (Wildman–Crippen LogP) is 2.32. The fourth-order valence-electron chi connectivity index (χ4n) is 1.61. The number of anilines is 1. The van der Waals surface area contributed by atoms with Crippen molar-refractivity contribution in [2.24, 2.45) is 5.92 Å². The van der Waals surface area contributed by atoms with Crippen LogP contribution in [0.5, 0.6) is 5.75 Å². The fraction of sp³-hybridized carbons (Fsp3) is 0.429. The molecule has 110 valence electrons. The Balaban J connectivity index is 2.34. The lowest BCUT2D eigenvalue weighted by Crippen LogP contribution is -2.32. The highest BCUT2D eigenvalue weighted by Gasteiger charge is 2.08. The van der Waals surface area contributed by atoms with Crippen LogP contribution < -0.4 is 15.4 Å². The average molecular weight is 280 g/mol. The zero-order valence-electron chi connectivity index (χ0n) is 11.7. The molecular formula is C14H20N2O4. The Morgan fingerprint density at radius 1 is 1.40 bits per heavy atom. The molecule has 6 heteroatoms. The number of carbonyl (C=O) groups is 2. The molecular weight excluding hydrogens is 260 g/mol. The zero-order valence-corrected chi connectivity index (χ0v) is 11.7. The second-order valence-electron chi connectivity index (χ2n) is 4.60. The van der Waals surface area contributed by atoms with Gasteiger partial charge in [-0.3, -0.25) is 4.79 Å². The van der Waals surface area contributed by atoms with Gasteiger partial charge in [-0.15, -0.1) is 0 Å². The van der Waals surface area contributed by atoms with Gasteiger partial charge in [-0.2, -0.15) is 0 Å². The van der Waals surface area contributed by atoms with Crippen LogP contribution >= 0.6 is 0 Å². The quantitative estimate of drug-likeness (QED) is 0.715. The lowest BCUT2D eigenvalue weighted by molar-refractivity contribution is -0.137. The van der Waals surface area contributed by atoms with Gasteiger partial charge in [0.15, 0.2) is 0 Å². The minimum absolute atomic E-state index is 0.111. The van der Waals surface area contributed by atoms with Crippen LogP contribution in [0.4, 0.5) is 10.5 Å². The number of carboxylic acids is 1. The molecule has 0 heterocycles. The summed E-state index contributed by atoms with van der Waals surface area (Å²) in [5, 5.41) is 14.0. The van der Waals surface area contributed by atoms with Crippen molar-refractivity contribution in [1.29, 1.82) is 0 Å². The van der Waals surface area contributed by atoms with Gasteiger partial charge in [-0.1, -0.05) is 13.0 Å². The summed E-state index contributed by atoms with van der Waals surface area (Å²) in [4.78, 5) is 22.1. The van der Waals surface area contributed by atoms with Crippen LogP contribution in [0.25, 0.3) is 0 Å². The summed E-state index contributed by atoms with van der Waals surface area (Å²) in [5.74, 6) is -0.0440. The van der Waals surface area contributed by atoms with Crippen LogP contribution in [0, 0.1) is 5.92 Å². The molecule has 0 radical (unpaired) electrons. The smallest absolute Gasteiger partial charge is 0.319 e. The number of methoxy groups -OCH3 is 1. The Labute approximate surface area is 118 Å². The van der Waals surface area contributed by atoms with E-state index in [0.29, 0.717) is 24.4 Å². The molecule has 0 aliphatic rings. The van der Waals surface area contributed by atoms with E-state index < -0.39 is 5.97 Å². The van der Waals surface area contributed by atoms with E-state index in [2.05, 4.69) is 10.6 Å². The van der Waals surface area contributed by atoms with Gasteiger partial charge in [0.05, 0.1) is 7.11 Å². The van der Waals surface area contributed by atoms with E-state index >= 15 is 0 Å². The number of hydrogen-bond donors (Lipinski definition) is 3. The minimum Gasteiger partial charge on any atom is -0.497 e. The van der Waals surface area contributed by atoms with Crippen LogP contribution in [0.15, 0.2) is 24.3 Å². The van der Waals surface area contributed by atoms with Crippen LogP contribution in [-0.2, 0) is 4.79 Å². The molecule has 0 saturated carbocycles. The van der Waals surface area contributed by atoms with E-state index in [1.807, 2.05) is 6.92 Å². The number of ether oxygens (including phenoxy) is 1. The maximum absolute atomic E-state index is 11.7. The molecule has 0 spiro atoms. The molecule has 3 N–H and O–H groups in total. The summed E-state index contributed by atoms with van der Waals surface area (Å²) in [6.07, 6.45) is 0.648. The molecule has 6 nitrogen and oxygen atoms in total. The van der Waals surface area contributed by atoms with Gasteiger partial charge in [-0.05, 0) is 24.5 Å². The molecule has 1 atom stereocenters. The Morgan fingerprint density at radius 3 is 2.80 bits per heavy atom. The third-order valence-corrected chi connectivity index (χ3v) is 2.79. The molecule has 0 saturated heterocycles. The van der Waals surface area contributed by atoms with E-state index in [4.69, 9.17) is 9.84 Å². The molecule has 0 bridgehead atoms. The summed E-state index contributed by atoms with van der Waals surface area (Å²) in [5.41, 5.74) is 0.639. The van der Waals surface area contributed by atoms with E-state index in [1.54, 1.807) is 31.4 Å². The van der Waals surface area contributed by atoms with Crippen molar-refractivity contribution < 1.29 is 19.4 Å². The van der Waals surface area contributed by atoms with Gasteiger partial charge in [0.25, 0.3) is 0 Å². The number of aliphatic carboxylic acids is 1. The maximum atomic E-state index is 11.7. The van der Waals surface area contributed by atoms with Crippen LogP contribution in [-0.4, -0.2) is 30.8 Å². The molecule has 2 amide bonds. The Kier molecular flexibility index (Phi) is 6.36. The van der Waals surface area contributed by atoms with Crippen molar-refractivity contribution in [3.05, 3.63) is 24.3 Å². The summed E-state index contributed by atoms with van der Waals surface area (Å²) < 4.78 is 5.06. The standard InChI is InChI=1S/C14H20N2O4/c1-10(6-7-13(17)18)9-15-14(19)16-11-4-3-5-12(8-11)20-2/h3-5,8,10H,6-7,9H2,1-2H3,(H,17,18)(H2,15,16,19). The minimum atomic E-state index is -0.822. The zero-order chi connectivity index (χ0) is 15.0. The van der Waals surface area contributed by atoms with Gasteiger partial charge >= 0.3 is 12.0 Å². The second-order valence-corrected chi connectivity index (χ2v) is 4.60. The Hall–Kier alpha value is -2.24. The van der Waals surface area contributed by atoms with Crippen LogP contribution in [0.3, 0.4) is 0 Å². The molecule has 1 unspecified atom stereocenters. The summed E-state index contributed by atoms with van der Waals surface area (Å²) in [7, 11) is 1.56. The third-order valence-electron chi connectivity index (χ3n) is 2.79. The van der Waals surface area contributed by atoms with Crippen LogP contribution in [0.2, 0.25) is 0 Å². The predicted molar refractivity (Wildman–Crippen MR) is 76.0 cm³/mol. The monoisotopic (exact) mass is 280 g/mol. The molecule has 1 aromatic carbocycles. The average Bonchev–Trinajstić information content (AvgIpc) is 2.43. The topological polar surface area (TPSA) is 87.7 Å². The SMILES string of the molecule is COc1cccc(NC(=O)NCC(C)CCC(=O)O)c1. The van der Waals surface area contributed by atoms with Crippen LogP contribution in [0.1, 0.15) is 19.8 Å². The van der Waals surface area contributed by atoms with Gasteiger partial charge in [-0.25, -0.2) is 4.79 Å². The van der Waals surface area contributed by atoms with Crippen molar-refractivity contribution in [3.63, 3.8) is 0 Å². The lowest BCUT2D eigenvalue weighted by atomic mass is 10.1. The summed E-state index contributed by atoms with van der Waals surface area (Å²) >= 11 is 0. The largest absolute Gasteiger partial charge is 0.497 e. The molecule has 0 fully saturated rings. The molecule has 0 aliphatic heterocycles. The molecule has 20 heavy (non-hydrogen) atoms. The molecule has 1 rings (SSSR count). The van der Waals surface area contributed by atoms with Crippen molar-refractivity contribution in [1.82, 2.24) is 5.32 Å². The van der Waals surface area contributed by atoms with Gasteiger partial charge < -0.3 is 20.5 Å². The number of carboxylic acid groups (broad SMARTS) is 1. The number of urea groups is 1. The first-order valence-corrected chi connectivity index (χ1v) is 6.42. The lowest BCUT2D eigenvalue weighted by Gasteiger charge is -2.12. The third kappa shape index (κ3) is 6.08. The van der Waals surface area contributed by atoms with E-state index in [0.717, 1.165) is 0 Å². The van der Waals surface area contributed by atoms with E-state index in [9.17, 15) is 9.59 Å². The molecule has 0 aliphatic carbocycles. The number of rotatable bonds is 7. The number of hydrogen-bond acceptors (Lipinski definition) is 3. The number of carbonyl (C=O) groups excluding carboxylic acids is 1. The number of benzene rings is 1. The first kappa shape index (κ1) is 15.8. The van der Waals surface area contributed by atoms with Crippen molar-refractivity contribution in [2.45, 2.75) is 19.8 Å². The van der Waals surface area contributed by atoms with Gasteiger partial charge in [0.2, 0.25) is 0 Å². The molecule has 0 aromatic heterocycles. The van der Waals surface area contributed by atoms with Crippen molar-refractivity contribution in [2.75, 3.05) is 19.0 Å². The van der Waals surface area contributed by atoms with E-state index in [1.165, 1.54) is 0 Å².